The van der Waals surface area contributed by atoms with E-state index >= 15 is 0 Å². The summed E-state index contributed by atoms with van der Waals surface area (Å²) in [7, 11) is 0. The topological polar surface area (TPSA) is 40.5 Å². The van der Waals surface area contributed by atoms with Crippen molar-refractivity contribution in [1.82, 2.24) is 4.90 Å². The average Bonchev–Trinajstić information content (AvgIpc) is 2.49. The van der Waals surface area contributed by atoms with Crippen molar-refractivity contribution in [3.8, 4) is 0 Å². The molecule has 116 valence electrons. The van der Waals surface area contributed by atoms with Crippen molar-refractivity contribution < 1.29 is 9.90 Å². The number of piperidine rings is 1. The second-order valence-electron chi connectivity index (χ2n) is 5.24. The molecule has 1 aromatic carbocycles. The minimum absolute atomic E-state index is 0.168. The van der Waals surface area contributed by atoms with Gasteiger partial charge in [-0.3, -0.25) is 4.79 Å². The van der Waals surface area contributed by atoms with E-state index in [2.05, 4.69) is 0 Å². The summed E-state index contributed by atoms with van der Waals surface area (Å²) in [4.78, 5) is 14.0. The van der Waals surface area contributed by atoms with Gasteiger partial charge in [-0.05, 0) is 36.5 Å². The van der Waals surface area contributed by atoms with Gasteiger partial charge in [0.25, 0.3) is 0 Å². The van der Waals surface area contributed by atoms with E-state index in [1.165, 1.54) is 0 Å². The van der Waals surface area contributed by atoms with Gasteiger partial charge in [-0.1, -0.05) is 29.3 Å². The Labute approximate surface area is 139 Å². The van der Waals surface area contributed by atoms with E-state index in [1.54, 1.807) is 17.8 Å². The van der Waals surface area contributed by atoms with E-state index in [0.717, 1.165) is 31.5 Å². The van der Waals surface area contributed by atoms with Crippen molar-refractivity contribution in [3.63, 3.8) is 0 Å². The highest BCUT2D eigenvalue weighted by Crippen LogP contribution is 2.25. The molecule has 1 amide bonds. The number of carbonyl (C=O) groups is 1. The van der Waals surface area contributed by atoms with Crippen LogP contribution >= 0.6 is 35.0 Å². The molecule has 1 N–H and O–H groups in total. The minimum atomic E-state index is 0.168. The van der Waals surface area contributed by atoms with Crippen molar-refractivity contribution >= 4 is 40.9 Å². The Kier molecular flexibility index (Phi) is 6.68. The molecule has 1 heterocycles. The molecule has 0 saturated carbocycles. The van der Waals surface area contributed by atoms with Gasteiger partial charge in [-0.15, -0.1) is 11.8 Å². The van der Waals surface area contributed by atoms with Gasteiger partial charge >= 0.3 is 0 Å². The number of aliphatic hydroxyl groups excluding tert-OH is 1. The predicted molar refractivity (Wildman–Crippen MR) is 89.0 cm³/mol. The molecule has 0 aromatic heterocycles. The summed E-state index contributed by atoms with van der Waals surface area (Å²) in [6, 6.07) is 5.43. The number of halogens is 2. The monoisotopic (exact) mass is 347 g/mol. The molecular weight excluding hydrogens is 329 g/mol. The second kappa shape index (κ2) is 8.28. The van der Waals surface area contributed by atoms with Gasteiger partial charge in [0, 0.05) is 35.5 Å². The van der Waals surface area contributed by atoms with Crippen LogP contribution in [-0.2, 0) is 10.5 Å². The van der Waals surface area contributed by atoms with Crippen molar-refractivity contribution in [2.45, 2.75) is 18.6 Å². The first-order valence-corrected chi connectivity index (χ1v) is 8.91. The molecule has 1 aliphatic heterocycles. The fraction of sp³-hybridized carbons (Fsp3) is 0.533. The van der Waals surface area contributed by atoms with Crippen LogP contribution in [0.4, 0.5) is 0 Å². The van der Waals surface area contributed by atoms with Crippen LogP contribution in [0.5, 0.6) is 0 Å². The molecule has 0 atom stereocenters. The second-order valence-corrected chi connectivity index (χ2v) is 7.06. The van der Waals surface area contributed by atoms with Crippen molar-refractivity contribution in [2.75, 3.05) is 25.4 Å². The van der Waals surface area contributed by atoms with Gasteiger partial charge < -0.3 is 10.0 Å². The molecule has 1 fully saturated rings. The van der Waals surface area contributed by atoms with Gasteiger partial charge in [0.2, 0.25) is 5.91 Å². The Hall–Kier alpha value is -0.420. The number of amides is 1. The van der Waals surface area contributed by atoms with Crippen LogP contribution in [0.25, 0.3) is 0 Å². The van der Waals surface area contributed by atoms with Crippen molar-refractivity contribution in [1.29, 1.82) is 0 Å². The number of hydrogen-bond acceptors (Lipinski definition) is 3. The summed E-state index contributed by atoms with van der Waals surface area (Å²) in [5.41, 5.74) is 0.998. The number of carbonyl (C=O) groups excluding carboxylic acids is 1. The Balaban J connectivity index is 1.74. The van der Waals surface area contributed by atoms with Gasteiger partial charge in [-0.25, -0.2) is 0 Å². The molecule has 0 radical (unpaired) electrons. The minimum Gasteiger partial charge on any atom is -0.396 e. The van der Waals surface area contributed by atoms with Gasteiger partial charge in [0.05, 0.1) is 5.75 Å². The van der Waals surface area contributed by atoms with E-state index in [9.17, 15) is 4.79 Å². The predicted octanol–water partition coefficient (Wildman–Crippen LogP) is 3.46. The molecule has 21 heavy (non-hydrogen) atoms. The van der Waals surface area contributed by atoms with E-state index in [4.69, 9.17) is 28.3 Å². The Morgan fingerprint density at radius 2 is 2.05 bits per heavy atom. The number of aliphatic hydroxyl groups is 1. The molecular formula is C15H19Cl2NO2S. The first-order chi connectivity index (χ1) is 10.1. The number of benzene rings is 1. The molecule has 3 nitrogen and oxygen atoms in total. The average molecular weight is 348 g/mol. The lowest BCUT2D eigenvalue weighted by Gasteiger charge is -2.31. The lowest BCUT2D eigenvalue weighted by atomic mass is 9.98. The fourth-order valence-corrected chi connectivity index (χ4v) is 3.83. The Morgan fingerprint density at radius 1 is 1.33 bits per heavy atom. The van der Waals surface area contributed by atoms with Crippen LogP contribution in [0.1, 0.15) is 18.4 Å². The van der Waals surface area contributed by atoms with E-state index in [-0.39, 0.29) is 12.5 Å². The van der Waals surface area contributed by atoms with E-state index in [1.807, 2.05) is 17.0 Å². The Morgan fingerprint density at radius 3 is 2.67 bits per heavy atom. The number of hydrogen-bond donors (Lipinski definition) is 1. The zero-order valence-electron chi connectivity index (χ0n) is 11.7. The third-order valence-electron chi connectivity index (χ3n) is 3.72. The summed E-state index contributed by atoms with van der Waals surface area (Å²) in [6.07, 6.45) is 1.80. The van der Waals surface area contributed by atoms with Crippen molar-refractivity contribution in [3.05, 3.63) is 33.8 Å². The highest BCUT2D eigenvalue weighted by atomic mass is 35.5. The summed E-state index contributed by atoms with van der Waals surface area (Å²) in [5, 5.41) is 10.4. The van der Waals surface area contributed by atoms with Crippen LogP contribution in [-0.4, -0.2) is 41.4 Å². The summed E-state index contributed by atoms with van der Waals surface area (Å²) in [5.74, 6) is 1.69. The fourth-order valence-electron chi connectivity index (χ4n) is 2.34. The molecule has 6 heteroatoms. The highest BCUT2D eigenvalue weighted by molar-refractivity contribution is 7.99. The van der Waals surface area contributed by atoms with Crippen LogP contribution in [0, 0.1) is 5.92 Å². The number of likely N-dealkylation sites (tertiary alicyclic amines) is 1. The zero-order chi connectivity index (χ0) is 15.2. The highest BCUT2D eigenvalue weighted by Gasteiger charge is 2.21. The van der Waals surface area contributed by atoms with E-state index < -0.39 is 0 Å². The zero-order valence-corrected chi connectivity index (χ0v) is 14.1. The van der Waals surface area contributed by atoms with Crippen LogP contribution in [0.2, 0.25) is 10.0 Å². The number of rotatable bonds is 5. The molecule has 1 aromatic rings. The summed E-state index contributed by atoms with van der Waals surface area (Å²) >= 11 is 13.5. The Bertz CT molecular complexity index is 491. The van der Waals surface area contributed by atoms with Gasteiger partial charge in [0.15, 0.2) is 0 Å². The number of nitrogens with zero attached hydrogens (tertiary/aromatic N) is 1. The first-order valence-electron chi connectivity index (χ1n) is 7.00. The van der Waals surface area contributed by atoms with Crippen LogP contribution in [0.3, 0.4) is 0 Å². The summed E-state index contributed by atoms with van der Waals surface area (Å²) in [6.45, 7) is 1.74. The lowest BCUT2D eigenvalue weighted by Crippen LogP contribution is -2.40. The third kappa shape index (κ3) is 5.06. The molecule has 0 spiro atoms. The first kappa shape index (κ1) is 16.9. The molecule has 1 aliphatic rings. The van der Waals surface area contributed by atoms with Crippen LogP contribution in [0.15, 0.2) is 18.2 Å². The molecule has 2 rings (SSSR count). The largest absolute Gasteiger partial charge is 0.396 e. The third-order valence-corrected chi connectivity index (χ3v) is 5.28. The number of thioether (sulfide) groups is 1. The maximum Gasteiger partial charge on any atom is 0.232 e. The SMILES string of the molecule is O=C(CSCc1ccc(Cl)cc1Cl)N1CCC(CO)CC1. The maximum atomic E-state index is 12.1. The van der Waals surface area contributed by atoms with Gasteiger partial charge in [-0.2, -0.15) is 0 Å². The normalized spacial score (nSPS) is 16.2. The molecule has 0 aliphatic carbocycles. The van der Waals surface area contributed by atoms with Crippen LogP contribution < -0.4 is 0 Å². The van der Waals surface area contributed by atoms with Crippen molar-refractivity contribution in [2.24, 2.45) is 5.92 Å². The smallest absolute Gasteiger partial charge is 0.232 e. The quantitative estimate of drug-likeness (QED) is 0.886. The summed E-state index contributed by atoms with van der Waals surface area (Å²) < 4.78 is 0. The molecule has 1 saturated heterocycles. The standard InChI is InChI=1S/C15H19Cl2NO2S/c16-13-2-1-12(14(17)7-13)9-21-10-15(20)18-5-3-11(8-19)4-6-18/h1-2,7,11,19H,3-6,8-10H2. The lowest BCUT2D eigenvalue weighted by molar-refractivity contribution is -0.129. The maximum absolute atomic E-state index is 12.1. The molecule has 0 bridgehead atoms. The van der Waals surface area contributed by atoms with Gasteiger partial charge in [0.1, 0.15) is 0 Å². The van der Waals surface area contributed by atoms with E-state index in [0.29, 0.717) is 27.5 Å². The molecule has 0 unspecified atom stereocenters.